The van der Waals surface area contributed by atoms with Crippen LogP contribution >= 0.6 is 11.6 Å². The van der Waals surface area contributed by atoms with E-state index in [9.17, 15) is 4.79 Å². The van der Waals surface area contributed by atoms with Gasteiger partial charge in [-0.2, -0.15) is 0 Å². The van der Waals surface area contributed by atoms with Crippen LogP contribution in [0.4, 0.5) is 5.69 Å². The molecule has 1 N–H and O–H groups in total. The average molecular weight is 282 g/mol. The maximum Gasteiger partial charge on any atom is 0.227 e. The van der Waals surface area contributed by atoms with Gasteiger partial charge in [-0.25, -0.2) is 0 Å². The Morgan fingerprint density at radius 1 is 1.32 bits per heavy atom. The summed E-state index contributed by atoms with van der Waals surface area (Å²) in [6, 6.07) is 5.57. The van der Waals surface area contributed by atoms with Gasteiger partial charge in [0.2, 0.25) is 5.91 Å². The van der Waals surface area contributed by atoms with Crippen molar-refractivity contribution in [3.63, 3.8) is 0 Å². The highest BCUT2D eigenvalue weighted by Crippen LogP contribution is 2.28. The van der Waals surface area contributed by atoms with Crippen molar-refractivity contribution in [2.75, 3.05) is 12.4 Å². The smallest absolute Gasteiger partial charge is 0.227 e. The Balaban J connectivity index is 1.96. The fraction of sp³-hybridized carbons (Fsp3) is 0.533. The van der Waals surface area contributed by atoms with Crippen molar-refractivity contribution < 1.29 is 9.53 Å². The highest BCUT2D eigenvalue weighted by atomic mass is 35.5. The lowest BCUT2D eigenvalue weighted by Crippen LogP contribution is -2.29. The highest BCUT2D eigenvalue weighted by molar-refractivity contribution is 6.31. The molecule has 0 aliphatic heterocycles. The zero-order valence-electron chi connectivity index (χ0n) is 11.4. The molecule has 19 heavy (non-hydrogen) atoms. The highest BCUT2D eigenvalue weighted by Gasteiger charge is 2.26. The van der Waals surface area contributed by atoms with Crippen LogP contribution in [0.25, 0.3) is 0 Å². The van der Waals surface area contributed by atoms with Gasteiger partial charge in [-0.1, -0.05) is 17.7 Å². The number of ether oxygens (including phenoxy) is 1. The van der Waals surface area contributed by atoms with E-state index in [0.717, 1.165) is 36.9 Å². The minimum atomic E-state index is 0.0878. The van der Waals surface area contributed by atoms with E-state index in [2.05, 4.69) is 5.32 Å². The predicted octanol–water partition coefficient (Wildman–Crippen LogP) is 3.79. The summed E-state index contributed by atoms with van der Waals surface area (Å²) in [7, 11) is 1.74. The molecule has 2 rings (SSSR count). The molecule has 1 amide bonds. The van der Waals surface area contributed by atoms with Crippen LogP contribution < -0.4 is 5.32 Å². The molecular formula is C15H20ClNO2. The van der Waals surface area contributed by atoms with Gasteiger partial charge in [0.15, 0.2) is 0 Å². The molecule has 1 saturated carbocycles. The summed E-state index contributed by atoms with van der Waals surface area (Å²) in [5, 5.41) is 3.67. The van der Waals surface area contributed by atoms with E-state index in [1.165, 1.54) is 0 Å². The lowest BCUT2D eigenvalue weighted by molar-refractivity contribution is -0.121. The number of hydrogen-bond acceptors (Lipinski definition) is 2. The first kappa shape index (κ1) is 14.4. The summed E-state index contributed by atoms with van der Waals surface area (Å²) in [6.45, 7) is 1.92. The van der Waals surface area contributed by atoms with Crippen molar-refractivity contribution in [2.45, 2.75) is 38.7 Å². The Kier molecular flexibility index (Phi) is 4.83. The lowest BCUT2D eigenvalue weighted by atomic mass is 9.86. The Morgan fingerprint density at radius 2 is 2.00 bits per heavy atom. The summed E-state index contributed by atoms with van der Waals surface area (Å²) < 4.78 is 5.32. The molecule has 1 aromatic carbocycles. The van der Waals surface area contributed by atoms with E-state index in [4.69, 9.17) is 16.3 Å². The van der Waals surface area contributed by atoms with Gasteiger partial charge < -0.3 is 10.1 Å². The molecule has 1 aliphatic rings. The number of methoxy groups -OCH3 is 1. The van der Waals surface area contributed by atoms with Crippen LogP contribution in [-0.2, 0) is 9.53 Å². The molecule has 0 heterocycles. The van der Waals surface area contributed by atoms with Crippen molar-refractivity contribution in [2.24, 2.45) is 5.92 Å². The summed E-state index contributed by atoms with van der Waals surface area (Å²) in [6.07, 6.45) is 4.03. The molecule has 0 spiro atoms. The minimum Gasteiger partial charge on any atom is -0.381 e. The largest absolute Gasteiger partial charge is 0.381 e. The van der Waals surface area contributed by atoms with E-state index >= 15 is 0 Å². The molecule has 0 unspecified atom stereocenters. The van der Waals surface area contributed by atoms with E-state index in [1.807, 2.05) is 25.1 Å². The zero-order valence-corrected chi connectivity index (χ0v) is 12.2. The topological polar surface area (TPSA) is 38.3 Å². The molecule has 0 bridgehead atoms. The number of nitrogens with one attached hydrogen (secondary N) is 1. The Hall–Kier alpha value is -1.06. The van der Waals surface area contributed by atoms with Gasteiger partial charge in [0.25, 0.3) is 0 Å². The molecule has 1 aliphatic carbocycles. The van der Waals surface area contributed by atoms with E-state index in [1.54, 1.807) is 7.11 Å². The van der Waals surface area contributed by atoms with E-state index in [-0.39, 0.29) is 11.8 Å². The number of anilines is 1. The third kappa shape index (κ3) is 3.48. The van der Waals surface area contributed by atoms with Crippen LogP contribution in [0.3, 0.4) is 0 Å². The van der Waals surface area contributed by atoms with Crippen LogP contribution in [0.15, 0.2) is 18.2 Å². The van der Waals surface area contributed by atoms with Gasteiger partial charge in [-0.3, -0.25) is 4.79 Å². The SMILES string of the molecule is COC1CCC(C(=O)Nc2cccc(Cl)c2C)CC1. The van der Waals surface area contributed by atoms with Gasteiger partial charge in [0.1, 0.15) is 0 Å². The van der Waals surface area contributed by atoms with Gasteiger partial charge >= 0.3 is 0 Å². The quantitative estimate of drug-likeness (QED) is 0.915. The first-order valence-corrected chi connectivity index (χ1v) is 7.08. The maximum atomic E-state index is 12.2. The van der Waals surface area contributed by atoms with Crippen LogP contribution in [-0.4, -0.2) is 19.1 Å². The molecule has 0 saturated heterocycles. The molecule has 0 radical (unpaired) electrons. The molecule has 4 heteroatoms. The van der Waals surface area contributed by atoms with Crippen molar-refractivity contribution in [3.8, 4) is 0 Å². The first-order chi connectivity index (χ1) is 9.11. The van der Waals surface area contributed by atoms with Gasteiger partial charge in [0, 0.05) is 23.7 Å². The predicted molar refractivity (Wildman–Crippen MR) is 77.6 cm³/mol. The number of carbonyl (C=O) groups excluding carboxylic acids is 1. The molecule has 0 atom stereocenters. The molecule has 0 aromatic heterocycles. The lowest BCUT2D eigenvalue weighted by Gasteiger charge is -2.27. The average Bonchev–Trinajstić information content (AvgIpc) is 2.44. The molecular weight excluding hydrogens is 262 g/mol. The van der Waals surface area contributed by atoms with Gasteiger partial charge in [0.05, 0.1) is 6.10 Å². The number of halogens is 1. The van der Waals surface area contributed by atoms with Crippen molar-refractivity contribution in [3.05, 3.63) is 28.8 Å². The fourth-order valence-corrected chi connectivity index (χ4v) is 2.71. The number of benzene rings is 1. The molecule has 1 fully saturated rings. The van der Waals surface area contributed by atoms with E-state index < -0.39 is 0 Å². The van der Waals surface area contributed by atoms with Gasteiger partial charge in [-0.05, 0) is 50.3 Å². The van der Waals surface area contributed by atoms with Crippen molar-refractivity contribution in [1.82, 2.24) is 0 Å². The van der Waals surface area contributed by atoms with Crippen LogP contribution in [0.5, 0.6) is 0 Å². The second-order valence-corrected chi connectivity index (χ2v) is 5.52. The number of hydrogen-bond donors (Lipinski definition) is 1. The Labute approximate surface area is 119 Å². The monoisotopic (exact) mass is 281 g/mol. The van der Waals surface area contributed by atoms with Crippen LogP contribution in [0.2, 0.25) is 5.02 Å². The van der Waals surface area contributed by atoms with Crippen molar-refractivity contribution in [1.29, 1.82) is 0 Å². The maximum absolute atomic E-state index is 12.2. The first-order valence-electron chi connectivity index (χ1n) is 6.70. The summed E-state index contributed by atoms with van der Waals surface area (Å²) >= 11 is 6.05. The number of carbonyl (C=O) groups is 1. The Bertz CT molecular complexity index is 453. The summed E-state index contributed by atoms with van der Waals surface area (Å²) in [5.74, 6) is 0.185. The molecule has 1 aromatic rings. The normalized spacial score (nSPS) is 23.1. The number of amides is 1. The standard InChI is InChI=1S/C15H20ClNO2/c1-10-13(16)4-3-5-14(10)17-15(18)11-6-8-12(19-2)9-7-11/h3-5,11-12H,6-9H2,1-2H3,(H,17,18). The van der Waals surface area contributed by atoms with Crippen molar-refractivity contribution >= 4 is 23.2 Å². The van der Waals surface area contributed by atoms with Crippen LogP contribution in [0, 0.1) is 12.8 Å². The zero-order chi connectivity index (χ0) is 13.8. The fourth-order valence-electron chi connectivity index (χ4n) is 2.54. The third-order valence-electron chi connectivity index (χ3n) is 3.90. The third-order valence-corrected chi connectivity index (χ3v) is 4.31. The molecule has 104 valence electrons. The number of rotatable bonds is 3. The van der Waals surface area contributed by atoms with Crippen LogP contribution in [0.1, 0.15) is 31.2 Å². The Morgan fingerprint density at radius 3 is 2.63 bits per heavy atom. The van der Waals surface area contributed by atoms with Gasteiger partial charge in [-0.15, -0.1) is 0 Å². The minimum absolute atomic E-state index is 0.0878. The molecule has 3 nitrogen and oxygen atoms in total. The van der Waals surface area contributed by atoms with E-state index in [0.29, 0.717) is 11.1 Å². The summed E-state index contributed by atoms with van der Waals surface area (Å²) in [5.41, 5.74) is 1.73. The second kappa shape index (κ2) is 6.40. The summed E-state index contributed by atoms with van der Waals surface area (Å²) in [4.78, 5) is 12.2. The second-order valence-electron chi connectivity index (χ2n) is 5.11.